The Morgan fingerprint density at radius 2 is 1.70 bits per heavy atom. The maximum absolute atomic E-state index is 13.7. The molecule has 2 aromatic rings. The third kappa shape index (κ3) is 2.66. The highest BCUT2D eigenvalue weighted by atomic mass is 19.1. The van der Waals surface area contributed by atoms with Gasteiger partial charge in [0.15, 0.2) is 0 Å². The van der Waals surface area contributed by atoms with Crippen molar-refractivity contribution >= 4 is 23.0 Å². The maximum Gasteiger partial charge on any atom is 0.337 e. The van der Waals surface area contributed by atoms with E-state index in [2.05, 4.69) is 5.32 Å². The standard InChI is InChI=1S/C13H9F3N2O2/c14-6-1-2-8(15)11(3-6)18-12-4-7(13(19)20)10(17)5-9(12)16/h1-5,18H,17H2,(H,19,20). The number of nitrogens with one attached hydrogen (secondary N) is 1. The molecule has 0 aromatic heterocycles. The second-order valence-corrected chi connectivity index (χ2v) is 3.97. The Bertz CT molecular complexity index is 690. The van der Waals surface area contributed by atoms with Crippen LogP contribution in [0.3, 0.4) is 0 Å². The summed E-state index contributed by atoms with van der Waals surface area (Å²) in [5.74, 6) is -3.76. The number of rotatable bonds is 3. The molecule has 0 radical (unpaired) electrons. The van der Waals surface area contributed by atoms with Crippen molar-refractivity contribution in [3.63, 3.8) is 0 Å². The molecule has 0 unspecified atom stereocenters. The van der Waals surface area contributed by atoms with Crippen LogP contribution in [0.1, 0.15) is 10.4 Å². The smallest absolute Gasteiger partial charge is 0.337 e. The molecule has 0 saturated heterocycles. The summed E-state index contributed by atoms with van der Waals surface area (Å²) in [6.45, 7) is 0. The summed E-state index contributed by atoms with van der Waals surface area (Å²) in [6, 6.07) is 4.30. The minimum atomic E-state index is -1.36. The highest BCUT2D eigenvalue weighted by Crippen LogP contribution is 2.27. The largest absolute Gasteiger partial charge is 0.478 e. The molecule has 0 saturated carbocycles. The van der Waals surface area contributed by atoms with Crippen molar-refractivity contribution < 1.29 is 23.1 Å². The van der Waals surface area contributed by atoms with Crippen LogP contribution in [0.25, 0.3) is 0 Å². The second-order valence-electron chi connectivity index (χ2n) is 3.97. The lowest BCUT2D eigenvalue weighted by molar-refractivity contribution is 0.0698. The molecule has 0 bridgehead atoms. The molecule has 2 rings (SSSR count). The predicted molar refractivity (Wildman–Crippen MR) is 67.4 cm³/mol. The Balaban J connectivity index is 2.45. The van der Waals surface area contributed by atoms with E-state index in [0.29, 0.717) is 0 Å². The summed E-state index contributed by atoms with van der Waals surface area (Å²) in [7, 11) is 0. The molecule has 0 amide bonds. The summed E-state index contributed by atoms with van der Waals surface area (Å²) >= 11 is 0. The molecule has 4 nitrogen and oxygen atoms in total. The molecule has 0 fully saturated rings. The van der Waals surface area contributed by atoms with Gasteiger partial charge in [-0.25, -0.2) is 18.0 Å². The van der Waals surface area contributed by atoms with E-state index in [1.165, 1.54) is 0 Å². The number of aromatic carboxylic acids is 1. The Morgan fingerprint density at radius 3 is 2.35 bits per heavy atom. The monoisotopic (exact) mass is 282 g/mol. The van der Waals surface area contributed by atoms with Crippen LogP contribution in [0.4, 0.5) is 30.2 Å². The van der Waals surface area contributed by atoms with Crippen LogP contribution < -0.4 is 11.1 Å². The number of anilines is 3. The topological polar surface area (TPSA) is 75.3 Å². The average Bonchev–Trinajstić information content (AvgIpc) is 2.36. The van der Waals surface area contributed by atoms with Gasteiger partial charge in [-0.05, 0) is 24.3 Å². The molecular weight excluding hydrogens is 273 g/mol. The third-order valence-electron chi connectivity index (χ3n) is 2.57. The number of carboxylic acid groups (broad SMARTS) is 1. The molecule has 2 aromatic carbocycles. The van der Waals surface area contributed by atoms with Crippen LogP contribution in [-0.4, -0.2) is 11.1 Å². The molecule has 0 atom stereocenters. The molecular formula is C13H9F3N2O2. The van der Waals surface area contributed by atoms with Gasteiger partial charge in [0.2, 0.25) is 0 Å². The van der Waals surface area contributed by atoms with Gasteiger partial charge in [-0.3, -0.25) is 0 Å². The van der Waals surface area contributed by atoms with Crippen molar-refractivity contribution in [2.24, 2.45) is 0 Å². The maximum atomic E-state index is 13.7. The molecule has 0 spiro atoms. The van der Waals surface area contributed by atoms with Gasteiger partial charge in [0, 0.05) is 11.8 Å². The lowest BCUT2D eigenvalue weighted by atomic mass is 10.1. The number of hydrogen-bond acceptors (Lipinski definition) is 3. The van der Waals surface area contributed by atoms with E-state index < -0.39 is 23.4 Å². The Labute approximate surface area is 111 Å². The predicted octanol–water partition coefficient (Wildman–Crippen LogP) is 3.13. The van der Waals surface area contributed by atoms with Gasteiger partial charge in [-0.2, -0.15) is 0 Å². The summed E-state index contributed by atoms with van der Waals surface area (Å²) in [6.07, 6.45) is 0. The summed E-state index contributed by atoms with van der Waals surface area (Å²) < 4.78 is 40.1. The number of benzene rings is 2. The average molecular weight is 282 g/mol. The minimum absolute atomic E-state index is 0.264. The van der Waals surface area contributed by atoms with Gasteiger partial charge in [0.25, 0.3) is 0 Å². The molecule has 20 heavy (non-hydrogen) atoms. The molecule has 4 N–H and O–H groups in total. The lowest BCUT2D eigenvalue weighted by Gasteiger charge is -2.11. The Hall–Kier alpha value is -2.70. The van der Waals surface area contributed by atoms with Crippen LogP contribution in [0, 0.1) is 17.5 Å². The van der Waals surface area contributed by atoms with Crippen LogP contribution in [0.15, 0.2) is 30.3 Å². The third-order valence-corrected chi connectivity index (χ3v) is 2.57. The Kier molecular flexibility index (Phi) is 3.51. The van der Waals surface area contributed by atoms with Gasteiger partial charge < -0.3 is 16.2 Å². The van der Waals surface area contributed by atoms with Crippen LogP contribution in [0.2, 0.25) is 0 Å². The second kappa shape index (κ2) is 5.12. The van der Waals surface area contributed by atoms with Crippen LogP contribution in [-0.2, 0) is 0 Å². The van der Waals surface area contributed by atoms with E-state index in [4.69, 9.17) is 10.8 Å². The van der Waals surface area contributed by atoms with Crippen molar-refractivity contribution in [2.45, 2.75) is 0 Å². The fourth-order valence-corrected chi connectivity index (χ4v) is 1.61. The van der Waals surface area contributed by atoms with Gasteiger partial charge in [0.05, 0.1) is 16.9 Å². The van der Waals surface area contributed by atoms with Gasteiger partial charge in [0.1, 0.15) is 17.5 Å². The number of hydrogen-bond donors (Lipinski definition) is 3. The summed E-state index contributed by atoms with van der Waals surface area (Å²) in [4.78, 5) is 10.9. The Morgan fingerprint density at radius 1 is 1.05 bits per heavy atom. The molecule has 104 valence electrons. The van der Waals surface area contributed by atoms with Crippen molar-refractivity contribution in [3.05, 3.63) is 53.3 Å². The zero-order chi connectivity index (χ0) is 14.9. The first kappa shape index (κ1) is 13.7. The van der Waals surface area contributed by atoms with Crippen molar-refractivity contribution in [1.29, 1.82) is 0 Å². The van der Waals surface area contributed by atoms with Gasteiger partial charge in [-0.1, -0.05) is 0 Å². The fraction of sp³-hybridized carbons (Fsp3) is 0. The highest BCUT2D eigenvalue weighted by molar-refractivity contribution is 5.95. The molecule has 0 aliphatic rings. The first-order chi connectivity index (χ1) is 9.38. The normalized spacial score (nSPS) is 10.3. The van der Waals surface area contributed by atoms with E-state index in [9.17, 15) is 18.0 Å². The number of carboxylic acids is 1. The van der Waals surface area contributed by atoms with Gasteiger partial charge >= 0.3 is 5.97 Å². The van der Waals surface area contributed by atoms with E-state index in [1.807, 2.05) is 0 Å². The first-order valence-electron chi connectivity index (χ1n) is 5.43. The number of nitrogens with two attached hydrogens (primary N) is 1. The highest BCUT2D eigenvalue weighted by Gasteiger charge is 2.14. The van der Waals surface area contributed by atoms with Crippen molar-refractivity contribution in [2.75, 3.05) is 11.1 Å². The fourth-order valence-electron chi connectivity index (χ4n) is 1.61. The molecule has 7 heteroatoms. The van der Waals surface area contributed by atoms with Crippen LogP contribution >= 0.6 is 0 Å². The van der Waals surface area contributed by atoms with E-state index >= 15 is 0 Å². The van der Waals surface area contributed by atoms with E-state index in [-0.39, 0.29) is 22.6 Å². The van der Waals surface area contributed by atoms with E-state index in [1.54, 1.807) is 0 Å². The summed E-state index contributed by atoms with van der Waals surface area (Å²) in [5, 5.41) is 11.2. The molecule has 0 aliphatic heterocycles. The lowest BCUT2D eigenvalue weighted by Crippen LogP contribution is -2.06. The van der Waals surface area contributed by atoms with Crippen molar-refractivity contribution in [1.82, 2.24) is 0 Å². The van der Waals surface area contributed by atoms with Gasteiger partial charge in [-0.15, -0.1) is 0 Å². The van der Waals surface area contributed by atoms with E-state index in [0.717, 1.165) is 30.3 Å². The van der Waals surface area contributed by atoms with Crippen LogP contribution in [0.5, 0.6) is 0 Å². The minimum Gasteiger partial charge on any atom is -0.478 e. The first-order valence-corrected chi connectivity index (χ1v) is 5.43. The number of nitrogen functional groups attached to an aromatic ring is 1. The zero-order valence-electron chi connectivity index (χ0n) is 9.95. The SMILES string of the molecule is Nc1cc(F)c(Nc2cc(F)ccc2F)cc1C(=O)O. The summed E-state index contributed by atoms with van der Waals surface area (Å²) in [5.41, 5.74) is 4.12. The quantitative estimate of drug-likeness (QED) is 0.756. The van der Waals surface area contributed by atoms with Crippen molar-refractivity contribution in [3.8, 4) is 0 Å². The number of halogens is 3. The molecule has 0 heterocycles. The zero-order valence-corrected chi connectivity index (χ0v) is 9.95. The molecule has 0 aliphatic carbocycles. The number of carbonyl (C=O) groups is 1.